The smallest absolute Gasteiger partial charge is 0.287 e. The number of halogens is 4. The second-order valence-corrected chi connectivity index (χ2v) is 4.65. The molecule has 104 valence electrons. The summed E-state index contributed by atoms with van der Waals surface area (Å²) in [5.74, 6) is -0.510. The Morgan fingerprint density at radius 3 is 2.30 bits per heavy atom. The Balaban J connectivity index is 2.38. The molecule has 1 aromatic heterocycles. The maximum atomic E-state index is 12.5. The summed E-state index contributed by atoms with van der Waals surface area (Å²) in [5, 5.41) is -0.314. The topological polar surface area (TPSA) is 30.0 Å². The average Bonchev–Trinajstić information content (AvgIpc) is 2.37. The largest absolute Gasteiger partial charge is 0.417 e. The van der Waals surface area contributed by atoms with Crippen molar-refractivity contribution >= 4 is 17.4 Å². The molecule has 0 atom stereocenters. The van der Waals surface area contributed by atoms with Crippen molar-refractivity contribution in [2.45, 2.75) is 13.1 Å². The molecule has 0 N–H and O–H groups in total. The van der Waals surface area contributed by atoms with Crippen molar-refractivity contribution in [1.29, 1.82) is 0 Å². The molecule has 0 unspecified atom stereocenters. The fourth-order valence-corrected chi connectivity index (χ4v) is 1.85. The molecule has 2 rings (SSSR count). The van der Waals surface area contributed by atoms with Crippen molar-refractivity contribution in [1.82, 2.24) is 4.98 Å². The highest BCUT2D eigenvalue weighted by molar-refractivity contribution is 6.34. The zero-order valence-corrected chi connectivity index (χ0v) is 11.1. The molecular formula is C14H9ClF3NO. The highest BCUT2D eigenvalue weighted by Crippen LogP contribution is 2.31. The first-order valence-electron chi connectivity index (χ1n) is 5.63. The Morgan fingerprint density at radius 2 is 1.80 bits per heavy atom. The van der Waals surface area contributed by atoms with Crippen LogP contribution in [0.2, 0.25) is 5.02 Å². The van der Waals surface area contributed by atoms with Gasteiger partial charge in [-0.25, -0.2) is 0 Å². The summed E-state index contributed by atoms with van der Waals surface area (Å²) in [4.78, 5) is 15.7. The highest BCUT2D eigenvalue weighted by atomic mass is 35.5. The van der Waals surface area contributed by atoms with Crippen molar-refractivity contribution in [3.63, 3.8) is 0 Å². The number of rotatable bonds is 2. The van der Waals surface area contributed by atoms with E-state index in [4.69, 9.17) is 11.6 Å². The number of carbonyl (C=O) groups excluding carboxylic acids is 1. The van der Waals surface area contributed by atoms with Gasteiger partial charge >= 0.3 is 6.18 Å². The molecule has 0 amide bonds. The van der Waals surface area contributed by atoms with E-state index in [-0.39, 0.29) is 10.7 Å². The van der Waals surface area contributed by atoms with E-state index >= 15 is 0 Å². The van der Waals surface area contributed by atoms with Gasteiger partial charge in [-0.2, -0.15) is 13.2 Å². The third-order valence-electron chi connectivity index (χ3n) is 2.70. The molecule has 0 fully saturated rings. The minimum atomic E-state index is -4.54. The summed E-state index contributed by atoms with van der Waals surface area (Å²) in [6, 6.07) is 7.31. The lowest BCUT2D eigenvalue weighted by Gasteiger charge is -2.08. The quantitative estimate of drug-likeness (QED) is 0.774. The predicted octanol–water partition coefficient (Wildman–Crippen LogP) is 4.29. The van der Waals surface area contributed by atoms with Crippen molar-refractivity contribution in [3.8, 4) is 0 Å². The summed E-state index contributed by atoms with van der Waals surface area (Å²) in [6.07, 6.45) is -3.94. The second kappa shape index (κ2) is 5.25. The van der Waals surface area contributed by atoms with E-state index in [2.05, 4.69) is 4.98 Å². The van der Waals surface area contributed by atoms with E-state index in [0.29, 0.717) is 17.8 Å². The standard InChI is InChI=1S/C14H9ClF3NO/c1-8-2-4-9(5-3-8)13(20)12-11(15)6-10(7-19-12)14(16,17)18/h2-7H,1H3. The Hall–Kier alpha value is -1.88. The summed E-state index contributed by atoms with van der Waals surface area (Å²) in [7, 11) is 0. The molecule has 1 aromatic carbocycles. The van der Waals surface area contributed by atoms with Crippen LogP contribution in [-0.4, -0.2) is 10.8 Å². The lowest BCUT2D eigenvalue weighted by Crippen LogP contribution is -2.10. The zero-order valence-electron chi connectivity index (χ0n) is 10.3. The Morgan fingerprint density at radius 1 is 1.20 bits per heavy atom. The van der Waals surface area contributed by atoms with E-state index in [1.54, 1.807) is 24.3 Å². The summed E-state index contributed by atoms with van der Waals surface area (Å²) in [5.41, 5.74) is 0.115. The molecule has 0 spiro atoms. The van der Waals surface area contributed by atoms with Crippen molar-refractivity contribution < 1.29 is 18.0 Å². The van der Waals surface area contributed by atoms with E-state index < -0.39 is 17.5 Å². The van der Waals surface area contributed by atoms with Crippen molar-refractivity contribution in [3.05, 3.63) is 63.9 Å². The fraction of sp³-hybridized carbons (Fsp3) is 0.143. The molecule has 20 heavy (non-hydrogen) atoms. The minimum Gasteiger partial charge on any atom is -0.287 e. The Kier molecular flexibility index (Phi) is 3.81. The van der Waals surface area contributed by atoms with E-state index in [0.717, 1.165) is 5.56 Å². The molecule has 0 aliphatic carbocycles. The van der Waals surface area contributed by atoms with Crippen LogP contribution in [0.5, 0.6) is 0 Å². The monoisotopic (exact) mass is 299 g/mol. The number of hydrogen-bond acceptors (Lipinski definition) is 2. The van der Waals surface area contributed by atoms with Crippen LogP contribution >= 0.6 is 11.6 Å². The number of nitrogens with zero attached hydrogens (tertiary/aromatic N) is 1. The van der Waals surface area contributed by atoms with Crippen LogP contribution in [0.3, 0.4) is 0 Å². The van der Waals surface area contributed by atoms with Crippen LogP contribution in [0.25, 0.3) is 0 Å². The fourth-order valence-electron chi connectivity index (χ4n) is 1.60. The van der Waals surface area contributed by atoms with Crippen molar-refractivity contribution in [2.24, 2.45) is 0 Å². The normalized spacial score (nSPS) is 11.4. The number of aryl methyl sites for hydroxylation is 1. The third-order valence-corrected chi connectivity index (χ3v) is 2.99. The first-order chi connectivity index (χ1) is 9.29. The lowest BCUT2D eigenvalue weighted by molar-refractivity contribution is -0.137. The number of aromatic nitrogens is 1. The highest BCUT2D eigenvalue weighted by Gasteiger charge is 2.32. The van der Waals surface area contributed by atoms with Gasteiger partial charge in [-0.1, -0.05) is 41.4 Å². The third kappa shape index (κ3) is 2.99. The number of ketones is 1. The van der Waals surface area contributed by atoms with Crippen LogP contribution in [0.4, 0.5) is 13.2 Å². The summed E-state index contributed by atoms with van der Waals surface area (Å²) < 4.78 is 37.5. The molecule has 0 aliphatic rings. The second-order valence-electron chi connectivity index (χ2n) is 4.25. The van der Waals surface area contributed by atoms with Crippen LogP contribution in [0.15, 0.2) is 36.5 Å². The SMILES string of the molecule is Cc1ccc(C(=O)c2ncc(C(F)(F)F)cc2Cl)cc1. The van der Waals surface area contributed by atoms with Gasteiger partial charge in [0, 0.05) is 11.8 Å². The van der Waals surface area contributed by atoms with E-state index in [1.165, 1.54) is 0 Å². The average molecular weight is 300 g/mol. The molecule has 6 heteroatoms. The molecule has 0 aliphatic heterocycles. The number of pyridine rings is 1. The maximum Gasteiger partial charge on any atom is 0.417 e. The van der Waals surface area contributed by atoms with Crippen LogP contribution in [-0.2, 0) is 6.18 Å². The van der Waals surface area contributed by atoms with Gasteiger partial charge in [-0.15, -0.1) is 0 Å². The van der Waals surface area contributed by atoms with Gasteiger partial charge < -0.3 is 0 Å². The first kappa shape index (κ1) is 14.5. The number of hydrogen-bond donors (Lipinski definition) is 0. The molecule has 1 heterocycles. The predicted molar refractivity (Wildman–Crippen MR) is 68.9 cm³/mol. The Labute approximate surface area is 118 Å². The lowest BCUT2D eigenvalue weighted by atomic mass is 10.1. The minimum absolute atomic E-state index is 0.191. The number of carbonyl (C=O) groups is 1. The first-order valence-corrected chi connectivity index (χ1v) is 6.01. The van der Waals surface area contributed by atoms with Gasteiger partial charge in [-0.3, -0.25) is 9.78 Å². The summed E-state index contributed by atoms with van der Waals surface area (Å²) in [6.45, 7) is 1.86. The number of benzene rings is 1. The van der Waals surface area contributed by atoms with E-state index in [1.807, 2.05) is 6.92 Å². The Bertz CT molecular complexity index is 650. The molecule has 0 bridgehead atoms. The molecular weight excluding hydrogens is 291 g/mol. The summed E-state index contributed by atoms with van der Waals surface area (Å²) >= 11 is 5.73. The molecule has 0 saturated carbocycles. The molecule has 2 aromatic rings. The van der Waals surface area contributed by atoms with Gasteiger partial charge in [-0.05, 0) is 13.0 Å². The van der Waals surface area contributed by atoms with Crippen LogP contribution in [0, 0.1) is 6.92 Å². The van der Waals surface area contributed by atoms with E-state index in [9.17, 15) is 18.0 Å². The van der Waals surface area contributed by atoms with Crippen molar-refractivity contribution in [2.75, 3.05) is 0 Å². The van der Waals surface area contributed by atoms with Gasteiger partial charge in [0.2, 0.25) is 5.78 Å². The molecule has 0 radical (unpaired) electrons. The number of alkyl halides is 3. The van der Waals surface area contributed by atoms with Gasteiger partial charge in [0.05, 0.1) is 10.6 Å². The van der Waals surface area contributed by atoms with Crippen LogP contribution < -0.4 is 0 Å². The maximum absolute atomic E-state index is 12.5. The van der Waals surface area contributed by atoms with Gasteiger partial charge in [0.25, 0.3) is 0 Å². The zero-order chi connectivity index (χ0) is 14.9. The van der Waals surface area contributed by atoms with Gasteiger partial charge in [0.1, 0.15) is 5.69 Å². The molecule has 0 saturated heterocycles. The van der Waals surface area contributed by atoms with Crippen LogP contribution in [0.1, 0.15) is 27.2 Å². The molecule has 2 nitrogen and oxygen atoms in total. The van der Waals surface area contributed by atoms with Gasteiger partial charge in [0.15, 0.2) is 0 Å².